The van der Waals surface area contributed by atoms with E-state index < -0.39 is 18.5 Å². The first-order chi connectivity index (χ1) is 23.3. The van der Waals surface area contributed by atoms with Crippen LogP contribution in [0.2, 0.25) is 0 Å². The number of imide groups is 1. The van der Waals surface area contributed by atoms with E-state index in [0.717, 1.165) is 27.8 Å². The fourth-order valence-corrected chi connectivity index (χ4v) is 7.54. The highest BCUT2D eigenvalue weighted by molar-refractivity contribution is 6.07. The monoisotopic (exact) mass is 641 g/mol. The molecule has 0 N–H and O–H groups in total. The van der Waals surface area contributed by atoms with Gasteiger partial charge in [0.25, 0.3) is 0 Å². The zero-order valence-corrected chi connectivity index (χ0v) is 26.6. The van der Waals surface area contributed by atoms with E-state index in [-0.39, 0.29) is 47.7 Å². The Balaban J connectivity index is 0.859. The third-order valence-electron chi connectivity index (χ3n) is 9.84. The molecule has 0 aromatic heterocycles. The van der Waals surface area contributed by atoms with Gasteiger partial charge in [0.15, 0.2) is 12.4 Å². The number of Topliss-reactive ketones (excluding diaryl/α,β-unsaturated/α-hetero) is 1. The van der Waals surface area contributed by atoms with Crippen molar-refractivity contribution < 1.29 is 33.4 Å². The van der Waals surface area contributed by atoms with Crippen molar-refractivity contribution in [1.82, 2.24) is 4.90 Å². The number of carbonyl (C=O) groups excluding carboxylic acids is 5. The molecule has 1 saturated heterocycles. The van der Waals surface area contributed by atoms with Gasteiger partial charge in [-0.1, -0.05) is 72.6 Å². The molecule has 2 bridgehead atoms. The van der Waals surface area contributed by atoms with Gasteiger partial charge in [0.1, 0.15) is 5.75 Å². The maximum atomic E-state index is 13.7. The van der Waals surface area contributed by atoms with Crippen LogP contribution in [0.3, 0.4) is 0 Å². The van der Waals surface area contributed by atoms with Gasteiger partial charge in [-0.2, -0.15) is 0 Å². The molecule has 3 aliphatic carbocycles. The van der Waals surface area contributed by atoms with Crippen molar-refractivity contribution in [2.75, 3.05) is 13.2 Å². The zero-order valence-electron chi connectivity index (χ0n) is 26.6. The molecule has 0 saturated carbocycles. The zero-order chi connectivity index (χ0) is 33.4. The van der Waals surface area contributed by atoms with E-state index in [1.807, 2.05) is 43.3 Å². The quantitative estimate of drug-likeness (QED) is 0.0614. The number of carbonyl (C=O) groups is 5. The number of unbranched alkanes of at least 4 members (excludes halogenated alkanes) is 2. The predicted octanol–water partition coefficient (Wildman–Crippen LogP) is 6.39. The van der Waals surface area contributed by atoms with Crippen LogP contribution in [0.5, 0.6) is 5.75 Å². The van der Waals surface area contributed by atoms with E-state index in [9.17, 15) is 24.0 Å². The standard InChI is InChI=1S/C40H35NO7/c1-24-14-16-26(17-15-24)40(46)48-27-20-18-25(19-21-27)32(42)23-47-33(43)13-3-2-8-22-41-38(44)36-34-28-9-4-5-10-29(28)35(37(36)39(41)45)31-12-7-6-11-30(31)34/h4-7,9-12,14-21,34-37H,2-3,8,13,22-23H2,1H3/t34?,35?,36-,37-/m0/s1. The summed E-state index contributed by atoms with van der Waals surface area (Å²) < 4.78 is 10.6. The van der Waals surface area contributed by atoms with E-state index in [0.29, 0.717) is 42.7 Å². The second-order valence-electron chi connectivity index (χ2n) is 12.8. The summed E-state index contributed by atoms with van der Waals surface area (Å²) in [5, 5.41) is 0. The number of aryl methyl sites for hydroxylation is 1. The molecule has 1 heterocycles. The number of esters is 2. The molecule has 1 aliphatic heterocycles. The Labute approximate surface area is 278 Å². The van der Waals surface area contributed by atoms with Gasteiger partial charge in [0.05, 0.1) is 17.4 Å². The van der Waals surface area contributed by atoms with Crippen LogP contribution < -0.4 is 4.74 Å². The lowest BCUT2D eigenvalue weighted by Gasteiger charge is -2.45. The van der Waals surface area contributed by atoms with Crippen LogP contribution in [0.4, 0.5) is 0 Å². The normalized spacial score (nSPS) is 20.1. The molecular weight excluding hydrogens is 606 g/mol. The SMILES string of the molecule is Cc1ccc(C(=O)Oc2ccc(C(=O)COC(=O)CCCCCN3C(=O)[C@H]4C5c6ccccc6C(c6ccccc65)[C@@H]4C3=O)cc2)cc1. The summed E-state index contributed by atoms with van der Waals surface area (Å²) in [6, 6.07) is 29.5. The van der Waals surface area contributed by atoms with Crippen LogP contribution in [0.1, 0.15) is 86.1 Å². The van der Waals surface area contributed by atoms with Crippen molar-refractivity contribution in [2.24, 2.45) is 11.8 Å². The maximum Gasteiger partial charge on any atom is 0.343 e. The Bertz CT molecular complexity index is 1800. The summed E-state index contributed by atoms with van der Waals surface area (Å²) in [4.78, 5) is 66.1. The number of benzene rings is 4. The summed E-state index contributed by atoms with van der Waals surface area (Å²) in [5.41, 5.74) is 6.40. The third kappa shape index (κ3) is 5.72. The van der Waals surface area contributed by atoms with Crippen molar-refractivity contribution >= 4 is 29.5 Å². The molecule has 8 rings (SSSR count). The average molecular weight is 642 g/mol. The third-order valence-corrected chi connectivity index (χ3v) is 9.84. The summed E-state index contributed by atoms with van der Waals surface area (Å²) in [7, 11) is 0. The maximum absolute atomic E-state index is 13.7. The van der Waals surface area contributed by atoms with E-state index in [1.54, 1.807) is 12.1 Å². The molecule has 4 aliphatic rings. The highest BCUT2D eigenvalue weighted by Gasteiger charge is 2.61. The van der Waals surface area contributed by atoms with E-state index in [1.165, 1.54) is 29.2 Å². The van der Waals surface area contributed by atoms with Crippen LogP contribution >= 0.6 is 0 Å². The van der Waals surface area contributed by atoms with Gasteiger partial charge in [0.2, 0.25) is 11.8 Å². The lowest BCUT2D eigenvalue weighted by Crippen LogP contribution is -2.41. The number of likely N-dealkylation sites (tertiary alicyclic amines) is 1. The molecule has 2 atom stereocenters. The molecule has 48 heavy (non-hydrogen) atoms. The molecule has 4 aromatic carbocycles. The van der Waals surface area contributed by atoms with Crippen LogP contribution in [0.15, 0.2) is 97.1 Å². The highest BCUT2D eigenvalue weighted by Crippen LogP contribution is 2.60. The minimum Gasteiger partial charge on any atom is -0.457 e. The largest absolute Gasteiger partial charge is 0.457 e. The Kier molecular flexibility index (Phi) is 8.48. The van der Waals surface area contributed by atoms with Gasteiger partial charge >= 0.3 is 11.9 Å². The van der Waals surface area contributed by atoms with Gasteiger partial charge in [0, 0.05) is 30.4 Å². The Hall–Kier alpha value is -5.37. The van der Waals surface area contributed by atoms with Gasteiger partial charge in [-0.3, -0.25) is 24.1 Å². The number of ketones is 1. The van der Waals surface area contributed by atoms with Gasteiger partial charge in [-0.05, 0) is 78.4 Å². The molecule has 4 aromatic rings. The number of hydrogen-bond acceptors (Lipinski definition) is 7. The van der Waals surface area contributed by atoms with E-state index in [2.05, 4.69) is 24.3 Å². The van der Waals surface area contributed by atoms with E-state index in [4.69, 9.17) is 9.47 Å². The summed E-state index contributed by atoms with van der Waals surface area (Å²) in [6.07, 6.45) is 1.85. The first-order valence-electron chi connectivity index (χ1n) is 16.4. The van der Waals surface area contributed by atoms with Gasteiger partial charge in [-0.25, -0.2) is 4.79 Å². The minimum atomic E-state index is -0.497. The smallest absolute Gasteiger partial charge is 0.343 e. The van der Waals surface area contributed by atoms with Crippen molar-refractivity contribution in [3.8, 4) is 5.75 Å². The summed E-state index contributed by atoms with van der Waals surface area (Å²) in [5.74, 6) is -2.26. The van der Waals surface area contributed by atoms with Gasteiger partial charge < -0.3 is 9.47 Å². The molecule has 0 unspecified atom stereocenters. The fraction of sp³-hybridized carbons (Fsp3) is 0.275. The molecule has 0 spiro atoms. The van der Waals surface area contributed by atoms with Crippen LogP contribution in [0.25, 0.3) is 0 Å². The summed E-state index contributed by atoms with van der Waals surface area (Å²) in [6.45, 7) is 1.85. The Morgan fingerprint density at radius 2 is 1.17 bits per heavy atom. The number of amides is 2. The number of nitrogens with zero attached hydrogens (tertiary/aromatic N) is 1. The number of rotatable bonds is 11. The average Bonchev–Trinajstić information content (AvgIpc) is 3.36. The van der Waals surface area contributed by atoms with Crippen LogP contribution in [0, 0.1) is 18.8 Å². The van der Waals surface area contributed by atoms with Crippen molar-refractivity contribution in [2.45, 2.75) is 44.4 Å². The molecule has 2 amide bonds. The van der Waals surface area contributed by atoms with E-state index >= 15 is 0 Å². The summed E-state index contributed by atoms with van der Waals surface area (Å²) >= 11 is 0. The molecule has 0 radical (unpaired) electrons. The topological polar surface area (TPSA) is 107 Å². The van der Waals surface area contributed by atoms with Crippen LogP contribution in [-0.2, 0) is 19.1 Å². The van der Waals surface area contributed by atoms with Crippen molar-refractivity contribution in [3.05, 3.63) is 136 Å². The second kappa shape index (κ2) is 13.0. The lowest BCUT2D eigenvalue weighted by molar-refractivity contribution is -0.143. The second-order valence-corrected chi connectivity index (χ2v) is 12.8. The fourth-order valence-electron chi connectivity index (χ4n) is 7.54. The first-order valence-corrected chi connectivity index (χ1v) is 16.4. The molecule has 8 heteroatoms. The van der Waals surface area contributed by atoms with Gasteiger partial charge in [-0.15, -0.1) is 0 Å². The first kappa shape index (κ1) is 31.2. The number of ether oxygens (including phenoxy) is 2. The minimum absolute atomic E-state index is 0.0978. The predicted molar refractivity (Wildman–Crippen MR) is 177 cm³/mol. The van der Waals surface area contributed by atoms with Crippen LogP contribution in [-0.4, -0.2) is 47.6 Å². The molecule has 8 nitrogen and oxygen atoms in total. The lowest BCUT2D eigenvalue weighted by atomic mass is 9.55. The highest BCUT2D eigenvalue weighted by atomic mass is 16.5. The number of hydrogen-bond donors (Lipinski definition) is 0. The Morgan fingerprint density at radius 3 is 1.71 bits per heavy atom. The van der Waals surface area contributed by atoms with Crippen molar-refractivity contribution in [1.29, 1.82) is 0 Å². The molecule has 1 fully saturated rings. The Morgan fingerprint density at radius 1 is 0.646 bits per heavy atom. The van der Waals surface area contributed by atoms with Crippen molar-refractivity contribution in [3.63, 3.8) is 0 Å². The molecular formula is C40H35NO7. The molecule has 242 valence electrons.